The summed E-state index contributed by atoms with van der Waals surface area (Å²) in [5, 5.41) is 10.2. The van der Waals surface area contributed by atoms with Gasteiger partial charge in [0.15, 0.2) is 10.7 Å². The molecular formula is C33H29N7O3S2. The number of carbonyl (C=O) groups excluding carboxylic acids is 2. The van der Waals surface area contributed by atoms with Crippen LogP contribution < -0.4 is 15.5 Å². The summed E-state index contributed by atoms with van der Waals surface area (Å²) in [5.41, 5.74) is 6.67. The SMILES string of the molecule is CC(=O)c1cc(CC(=O)Nc2cccc(-c3nc4sccn4c3-c3ccnc(Nc4ccc(N5CCOCC5)cc4)n3)c2)cs1. The van der Waals surface area contributed by atoms with E-state index in [4.69, 9.17) is 14.7 Å². The zero-order chi connectivity index (χ0) is 30.8. The highest BCUT2D eigenvalue weighted by Crippen LogP contribution is 2.35. The third-order valence-corrected chi connectivity index (χ3v) is 9.28. The van der Waals surface area contributed by atoms with E-state index in [1.807, 2.05) is 63.8 Å². The average molecular weight is 636 g/mol. The molecule has 0 saturated carbocycles. The van der Waals surface area contributed by atoms with Crippen LogP contribution in [0.15, 0.2) is 83.8 Å². The maximum atomic E-state index is 12.8. The first-order valence-electron chi connectivity index (χ1n) is 14.5. The van der Waals surface area contributed by atoms with Crippen LogP contribution in [0.5, 0.6) is 0 Å². The van der Waals surface area contributed by atoms with Crippen LogP contribution >= 0.6 is 22.7 Å². The van der Waals surface area contributed by atoms with Crippen LogP contribution in [0.4, 0.5) is 23.0 Å². The molecule has 0 unspecified atom stereocenters. The number of hydrogen-bond acceptors (Lipinski definition) is 10. The molecule has 1 amide bonds. The van der Waals surface area contributed by atoms with Crippen LogP contribution in [-0.2, 0) is 16.0 Å². The molecule has 10 nitrogen and oxygen atoms in total. The predicted octanol–water partition coefficient (Wildman–Crippen LogP) is 6.55. The normalized spacial score (nSPS) is 13.2. The smallest absolute Gasteiger partial charge is 0.228 e. The van der Waals surface area contributed by atoms with Gasteiger partial charge in [-0.05, 0) is 66.4 Å². The van der Waals surface area contributed by atoms with Gasteiger partial charge in [-0.25, -0.2) is 15.0 Å². The van der Waals surface area contributed by atoms with Gasteiger partial charge in [0.1, 0.15) is 5.69 Å². The van der Waals surface area contributed by atoms with Gasteiger partial charge in [0.2, 0.25) is 11.9 Å². The maximum absolute atomic E-state index is 12.8. The molecule has 0 spiro atoms. The molecule has 45 heavy (non-hydrogen) atoms. The van der Waals surface area contributed by atoms with Gasteiger partial charge in [-0.1, -0.05) is 12.1 Å². The highest BCUT2D eigenvalue weighted by Gasteiger charge is 2.19. The fraction of sp³-hybridized carbons (Fsp3) is 0.182. The van der Waals surface area contributed by atoms with Crippen molar-refractivity contribution in [3.8, 4) is 22.6 Å². The van der Waals surface area contributed by atoms with E-state index in [2.05, 4.69) is 32.7 Å². The minimum absolute atomic E-state index is 0.000128. The molecule has 1 fully saturated rings. The van der Waals surface area contributed by atoms with E-state index in [-0.39, 0.29) is 18.1 Å². The highest BCUT2D eigenvalue weighted by molar-refractivity contribution is 7.15. The summed E-state index contributed by atoms with van der Waals surface area (Å²) in [6.07, 6.45) is 3.90. The molecule has 0 bridgehead atoms. The van der Waals surface area contributed by atoms with E-state index in [0.29, 0.717) is 22.2 Å². The molecule has 0 radical (unpaired) electrons. The fourth-order valence-electron chi connectivity index (χ4n) is 5.28. The third-order valence-electron chi connectivity index (χ3n) is 7.45. The Balaban J connectivity index is 1.13. The summed E-state index contributed by atoms with van der Waals surface area (Å²) in [7, 11) is 0. The number of anilines is 4. The van der Waals surface area contributed by atoms with Crippen molar-refractivity contribution in [3.05, 3.63) is 94.3 Å². The quantitative estimate of drug-likeness (QED) is 0.172. The Bertz CT molecular complexity index is 1990. The number of thiophene rings is 1. The van der Waals surface area contributed by atoms with Gasteiger partial charge in [0, 0.05) is 53.5 Å². The molecule has 7 rings (SSSR count). The number of rotatable bonds is 9. The lowest BCUT2D eigenvalue weighted by Crippen LogP contribution is -2.36. The van der Waals surface area contributed by atoms with E-state index in [1.54, 1.807) is 12.3 Å². The molecule has 5 heterocycles. The summed E-state index contributed by atoms with van der Waals surface area (Å²) in [5.74, 6) is 0.320. The number of ketones is 1. The average Bonchev–Trinajstić information content (AvgIpc) is 3.79. The van der Waals surface area contributed by atoms with Gasteiger partial charge in [-0.2, -0.15) is 0 Å². The summed E-state index contributed by atoms with van der Waals surface area (Å²) in [4.78, 5) is 42.6. The minimum Gasteiger partial charge on any atom is -0.378 e. The Hall–Kier alpha value is -4.91. The fourth-order valence-corrected chi connectivity index (χ4v) is 6.81. The predicted molar refractivity (Wildman–Crippen MR) is 179 cm³/mol. The van der Waals surface area contributed by atoms with Crippen molar-refractivity contribution in [2.24, 2.45) is 0 Å². The van der Waals surface area contributed by atoms with E-state index >= 15 is 0 Å². The van der Waals surface area contributed by atoms with Crippen molar-refractivity contribution in [2.75, 3.05) is 41.8 Å². The second-order valence-corrected chi connectivity index (χ2v) is 12.4. The topological polar surface area (TPSA) is 114 Å². The number of thiazole rings is 1. The second-order valence-electron chi connectivity index (χ2n) is 10.6. The van der Waals surface area contributed by atoms with E-state index in [0.717, 1.165) is 65.2 Å². The van der Waals surface area contributed by atoms with Crippen LogP contribution in [0.1, 0.15) is 22.2 Å². The van der Waals surface area contributed by atoms with Crippen molar-refractivity contribution in [2.45, 2.75) is 13.3 Å². The van der Waals surface area contributed by atoms with Crippen LogP contribution in [0.3, 0.4) is 0 Å². The van der Waals surface area contributed by atoms with Crippen LogP contribution in [0.25, 0.3) is 27.6 Å². The molecule has 6 aromatic rings. The van der Waals surface area contributed by atoms with Crippen molar-refractivity contribution < 1.29 is 14.3 Å². The number of nitrogens with one attached hydrogen (secondary N) is 2. The Kier molecular flexibility index (Phi) is 8.07. The van der Waals surface area contributed by atoms with Gasteiger partial charge in [0.05, 0.1) is 35.9 Å². The van der Waals surface area contributed by atoms with E-state index < -0.39 is 0 Å². The number of ether oxygens (including phenoxy) is 1. The zero-order valence-electron chi connectivity index (χ0n) is 24.4. The maximum Gasteiger partial charge on any atom is 0.228 e. The number of benzene rings is 2. The first kappa shape index (κ1) is 28.8. The Labute approximate surface area is 267 Å². The molecule has 0 aliphatic carbocycles. The summed E-state index contributed by atoms with van der Waals surface area (Å²) in [6, 6.07) is 19.5. The third kappa shape index (κ3) is 6.34. The van der Waals surface area contributed by atoms with Gasteiger partial charge in [-0.15, -0.1) is 22.7 Å². The van der Waals surface area contributed by atoms with Crippen molar-refractivity contribution in [3.63, 3.8) is 0 Å². The van der Waals surface area contributed by atoms with Crippen LogP contribution in [-0.4, -0.2) is 57.3 Å². The lowest BCUT2D eigenvalue weighted by molar-refractivity contribution is -0.115. The number of hydrogen-bond donors (Lipinski definition) is 2. The van der Waals surface area contributed by atoms with E-state index in [1.165, 1.54) is 29.6 Å². The standard InChI is InChI=1S/C33H29N7O3S2/c1-21(41)28-17-22(20-45-28)18-29(42)35-25-4-2-3-23(19-25)30-31(40-13-16-44-33(40)38-30)27-9-10-34-32(37-27)36-24-5-7-26(8-6-24)39-11-14-43-15-12-39/h2-10,13,16-17,19-20H,11-12,14-15,18H2,1H3,(H,35,42)(H,34,36,37). The van der Waals surface area contributed by atoms with Gasteiger partial charge >= 0.3 is 0 Å². The molecule has 2 N–H and O–H groups in total. The zero-order valence-corrected chi connectivity index (χ0v) is 26.0. The molecule has 12 heteroatoms. The molecule has 1 aliphatic rings. The van der Waals surface area contributed by atoms with Gasteiger partial charge in [-0.3, -0.25) is 14.0 Å². The monoisotopic (exact) mass is 635 g/mol. The first-order chi connectivity index (χ1) is 22.0. The Morgan fingerprint density at radius 3 is 2.62 bits per heavy atom. The van der Waals surface area contributed by atoms with Crippen molar-refractivity contribution >= 4 is 62.3 Å². The molecular weight excluding hydrogens is 607 g/mol. The Morgan fingerprint density at radius 2 is 1.82 bits per heavy atom. The van der Waals surface area contributed by atoms with Crippen LogP contribution in [0, 0.1) is 0 Å². The molecule has 2 aromatic carbocycles. The second kappa shape index (κ2) is 12.6. The van der Waals surface area contributed by atoms with E-state index in [9.17, 15) is 9.59 Å². The number of Topliss-reactive ketones (excluding diaryl/α,β-unsaturated/α-hetero) is 1. The van der Waals surface area contributed by atoms with Crippen LogP contribution in [0.2, 0.25) is 0 Å². The number of nitrogens with zero attached hydrogens (tertiary/aromatic N) is 5. The summed E-state index contributed by atoms with van der Waals surface area (Å²) >= 11 is 2.90. The minimum atomic E-state index is -0.157. The molecule has 1 aliphatic heterocycles. The lowest BCUT2D eigenvalue weighted by Gasteiger charge is -2.28. The van der Waals surface area contributed by atoms with Gasteiger partial charge in [0.25, 0.3) is 0 Å². The highest BCUT2D eigenvalue weighted by atomic mass is 32.1. The first-order valence-corrected chi connectivity index (χ1v) is 16.2. The summed E-state index contributed by atoms with van der Waals surface area (Å²) < 4.78 is 7.50. The number of amides is 1. The summed E-state index contributed by atoms with van der Waals surface area (Å²) in [6.45, 7) is 4.78. The van der Waals surface area contributed by atoms with Crippen molar-refractivity contribution in [1.82, 2.24) is 19.4 Å². The van der Waals surface area contributed by atoms with Gasteiger partial charge < -0.3 is 20.3 Å². The molecule has 0 atom stereocenters. The molecule has 1 saturated heterocycles. The number of carbonyl (C=O) groups is 2. The number of imidazole rings is 1. The Morgan fingerprint density at radius 1 is 0.978 bits per heavy atom. The molecule has 4 aromatic heterocycles. The lowest BCUT2D eigenvalue weighted by atomic mass is 10.1. The number of aromatic nitrogens is 4. The largest absolute Gasteiger partial charge is 0.378 e. The number of morpholine rings is 1. The van der Waals surface area contributed by atoms with Crippen molar-refractivity contribution in [1.29, 1.82) is 0 Å². The number of fused-ring (bicyclic) bond motifs is 1. The molecule has 226 valence electrons.